The lowest BCUT2D eigenvalue weighted by molar-refractivity contribution is -0.153. The number of rotatable bonds is 3. The van der Waals surface area contributed by atoms with Gasteiger partial charge in [0.15, 0.2) is 0 Å². The number of benzene rings is 1. The Morgan fingerprint density at radius 2 is 2.15 bits per heavy atom. The van der Waals surface area contributed by atoms with Gasteiger partial charge < -0.3 is 9.47 Å². The zero-order valence-electron chi connectivity index (χ0n) is 11.6. The molecule has 2 heterocycles. The molecular formula is C16H18O4. The van der Waals surface area contributed by atoms with Crippen LogP contribution in [0.2, 0.25) is 0 Å². The molecule has 2 unspecified atom stereocenters. The third-order valence-electron chi connectivity index (χ3n) is 4.45. The Bertz CT molecular complexity index is 551. The van der Waals surface area contributed by atoms with Crippen LogP contribution in [0.5, 0.6) is 0 Å². The summed E-state index contributed by atoms with van der Waals surface area (Å²) in [6, 6.07) is 8.07. The minimum atomic E-state index is -1.02. The summed E-state index contributed by atoms with van der Waals surface area (Å²) in [6.07, 6.45) is 1.53. The van der Waals surface area contributed by atoms with E-state index in [2.05, 4.69) is 6.07 Å². The van der Waals surface area contributed by atoms with Crippen molar-refractivity contribution in [1.29, 1.82) is 0 Å². The summed E-state index contributed by atoms with van der Waals surface area (Å²) in [5.74, 6) is -0.511. The molecule has 20 heavy (non-hydrogen) atoms. The topological polar surface area (TPSA) is 52.6 Å². The van der Waals surface area contributed by atoms with Crippen LogP contribution in [0.4, 0.5) is 0 Å². The van der Waals surface area contributed by atoms with Crippen molar-refractivity contribution in [2.45, 2.75) is 32.3 Å². The largest absolute Gasteiger partial charge is 0.465 e. The Labute approximate surface area is 118 Å². The molecule has 0 aliphatic carbocycles. The highest BCUT2D eigenvalue weighted by molar-refractivity contribution is 6.03. The molecule has 106 valence electrons. The van der Waals surface area contributed by atoms with Crippen LogP contribution < -0.4 is 0 Å². The summed E-state index contributed by atoms with van der Waals surface area (Å²) >= 11 is 0. The second-order valence-electron chi connectivity index (χ2n) is 5.54. The zero-order chi connectivity index (χ0) is 14.2. The molecule has 1 aromatic carbocycles. The van der Waals surface area contributed by atoms with Gasteiger partial charge in [0.2, 0.25) is 0 Å². The predicted octanol–water partition coefficient (Wildman–Crippen LogP) is 2.21. The first kappa shape index (κ1) is 13.3. The van der Waals surface area contributed by atoms with Gasteiger partial charge in [-0.3, -0.25) is 9.59 Å². The fraction of sp³-hybridized carbons (Fsp3) is 0.500. The molecule has 3 rings (SSSR count). The van der Waals surface area contributed by atoms with Gasteiger partial charge in [0.05, 0.1) is 19.3 Å². The standard InChI is InChI=1S/C16H18O4/c1-11(17)16(7-9-20-15(16)18)10-14-13-5-3-2-4-12(13)6-8-19-14/h2-5,14H,6-10H2,1H3. The lowest BCUT2D eigenvalue weighted by Gasteiger charge is -2.31. The van der Waals surface area contributed by atoms with Crippen LogP contribution in [0.15, 0.2) is 24.3 Å². The summed E-state index contributed by atoms with van der Waals surface area (Å²) in [5, 5.41) is 0. The number of cyclic esters (lactones) is 1. The van der Waals surface area contributed by atoms with E-state index in [4.69, 9.17) is 9.47 Å². The van der Waals surface area contributed by atoms with E-state index in [1.54, 1.807) is 0 Å². The lowest BCUT2D eigenvalue weighted by atomic mass is 9.75. The van der Waals surface area contributed by atoms with Crippen molar-refractivity contribution < 1.29 is 19.1 Å². The van der Waals surface area contributed by atoms with Gasteiger partial charge in [0, 0.05) is 12.8 Å². The van der Waals surface area contributed by atoms with Gasteiger partial charge in [-0.2, -0.15) is 0 Å². The molecule has 0 bridgehead atoms. The molecule has 1 fully saturated rings. The highest BCUT2D eigenvalue weighted by Crippen LogP contribution is 2.42. The van der Waals surface area contributed by atoms with Crippen LogP contribution in [0.25, 0.3) is 0 Å². The average Bonchev–Trinajstić information content (AvgIpc) is 2.82. The molecular weight excluding hydrogens is 256 g/mol. The first-order valence-electron chi connectivity index (χ1n) is 7.01. The van der Waals surface area contributed by atoms with E-state index >= 15 is 0 Å². The number of carbonyl (C=O) groups excluding carboxylic acids is 2. The smallest absolute Gasteiger partial charge is 0.319 e. The third-order valence-corrected chi connectivity index (χ3v) is 4.45. The predicted molar refractivity (Wildman–Crippen MR) is 72.1 cm³/mol. The second-order valence-corrected chi connectivity index (χ2v) is 5.54. The number of carbonyl (C=O) groups is 2. The van der Waals surface area contributed by atoms with Crippen molar-refractivity contribution in [3.8, 4) is 0 Å². The molecule has 2 atom stereocenters. The molecule has 4 nitrogen and oxygen atoms in total. The van der Waals surface area contributed by atoms with E-state index in [1.807, 2.05) is 18.2 Å². The molecule has 0 N–H and O–H groups in total. The van der Waals surface area contributed by atoms with Gasteiger partial charge in [0.1, 0.15) is 11.2 Å². The van der Waals surface area contributed by atoms with E-state index in [1.165, 1.54) is 12.5 Å². The van der Waals surface area contributed by atoms with Gasteiger partial charge >= 0.3 is 5.97 Å². The number of hydrogen-bond donors (Lipinski definition) is 0. The van der Waals surface area contributed by atoms with Crippen molar-refractivity contribution in [3.05, 3.63) is 35.4 Å². The maximum atomic E-state index is 12.0. The van der Waals surface area contributed by atoms with Crippen molar-refractivity contribution in [2.75, 3.05) is 13.2 Å². The summed E-state index contributed by atoms with van der Waals surface area (Å²) in [4.78, 5) is 24.0. The SMILES string of the molecule is CC(=O)C1(CC2OCCc3ccccc32)CCOC1=O. The molecule has 2 aliphatic heterocycles. The van der Waals surface area contributed by atoms with E-state index < -0.39 is 11.4 Å². The van der Waals surface area contributed by atoms with E-state index in [0.29, 0.717) is 26.1 Å². The number of ketones is 1. The van der Waals surface area contributed by atoms with Crippen LogP contribution in [-0.2, 0) is 25.5 Å². The first-order valence-corrected chi connectivity index (χ1v) is 7.01. The molecule has 0 radical (unpaired) electrons. The highest BCUT2D eigenvalue weighted by Gasteiger charge is 2.50. The maximum Gasteiger partial charge on any atom is 0.319 e. The van der Waals surface area contributed by atoms with Crippen molar-refractivity contribution in [1.82, 2.24) is 0 Å². The monoisotopic (exact) mass is 274 g/mol. The van der Waals surface area contributed by atoms with Crippen molar-refractivity contribution >= 4 is 11.8 Å². The molecule has 1 aromatic rings. The Hall–Kier alpha value is -1.68. The second kappa shape index (κ2) is 5.02. The van der Waals surface area contributed by atoms with Gasteiger partial charge in [-0.25, -0.2) is 0 Å². The number of hydrogen-bond acceptors (Lipinski definition) is 4. The van der Waals surface area contributed by atoms with E-state index in [-0.39, 0.29) is 11.9 Å². The quantitative estimate of drug-likeness (QED) is 0.626. The van der Waals surface area contributed by atoms with Gasteiger partial charge in [-0.1, -0.05) is 24.3 Å². The maximum absolute atomic E-state index is 12.0. The summed E-state index contributed by atoms with van der Waals surface area (Å²) in [5.41, 5.74) is 1.32. The highest BCUT2D eigenvalue weighted by atomic mass is 16.5. The van der Waals surface area contributed by atoms with Crippen LogP contribution in [0.1, 0.15) is 37.0 Å². The molecule has 0 amide bonds. The molecule has 0 aromatic heterocycles. The van der Waals surface area contributed by atoms with Gasteiger partial charge in [-0.05, 0) is 24.5 Å². The fourth-order valence-corrected chi connectivity index (χ4v) is 3.17. The molecule has 2 aliphatic rings. The number of Topliss-reactive ketones (excluding diaryl/α,β-unsaturated/α-hetero) is 1. The Morgan fingerprint density at radius 1 is 1.35 bits per heavy atom. The first-order chi connectivity index (χ1) is 9.63. The minimum absolute atomic E-state index is 0.119. The van der Waals surface area contributed by atoms with Crippen LogP contribution >= 0.6 is 0 Å². The van der Waals surface area contributed by atoms with Crippen LogP contribution in [0, 0.1) is 5.41 Å². The average molecular weight is 274 g/mol. The molecule has 0 saturated carbocycles. The lowest BCUT2D eigenvalue weighted by Crippen LogP contribution is -2.37. The Kier molecular flexibility index (Phi) is 3.34. The summed E-state index contributed by atoms with van der Waals surface area (Å²) < 4.78 is 10.9. The van der Waals surface area contributed by atoms with Crippen LogP contribution in [0.3, 0.4) is 0 Å². The molecule has 0 spiro atoms. The number of esters is 1. The Morgan fingerprint density at radius 3 is 2.85 bits per heavy atom. The van der Waals surface area contributed by atoms with Gasteiger partial charge in [0.25, 0.3) is 0 Å². The number of ether oxygens (including phenoxy) is 2. The Balaban J connectivity index is 1.91. The van der Waals surface area contributed by atoms with Crippen molar-refractivity contribution in [3.63, 3.8) is 0 Å². The third kappa shape index (κ3) is 2.04. The van der Waals surface area contributed by atoms with E-state index in [9.17, 15) is 9.59 Å². The van der Waals surface area contributed by atoms with Crippen molar-refractivity contribution in [2.24, 2.45) is 5.41 Å². The normalized spacial score (nSPS) is 28.9. The molecule has 1 saturated heterocycles. The fourth-order valence-electron chi connectivity index (χ4n) is 3.17. The molecule has 4 heteroatoms. The summed E-state index contributed by atoms with van der Waals surface area (Å²) in [7, 11) is 0. The van der Waals surface area contributed by atoms with Gasteiger partial charge in [-0.15, -0.1) is 0 Å². The van der Waals surface area contributed by atoms with E-state index in [0.717, 1.165) is 12.0 Å². The van der Waals surface area contributed by atoms with Crippen LogP contribution in [-0.4, -0.2) is 25.0 Å². The summed E-state index contributed by atoms with van der Waals surface area (Å²) in [6.45, 7) is 2.43. The number of fused-ring (bicyclic) bond motifs is 1. The zero-order valence-corrected chi connectivity index (χ0v) is 11.6. The minimum Gasteiger partial charge on any atom is -0.465 e.